The van der Waals surface area contributed by atoms with Gasteiger partial charge in [0.1, 0.15) is 0 Å². The van der Waals surface area contributed by atoms with Crippen LogP contribution in [0.5, 0.6) is 0 Å². The number of amides is 1. The fraction of sp³-hybridized carbons (Fsp3) is 0.462. The molecule has 0 saturated heterocycles. The largest absolute Gasteiger partial charge is 0.393 e. The van der Waals surface area contributed by atoms with Gasteiger partial charge in [-0.25, -0.2) is 0 Å². The zero-order valence-electron chi connectivity index (χ0n) is 10.1. The lowest BCUT2D eigenvalue weighted by molar-refractivity contribution is -0.122. The van der Waals surface area contributed by atoms with Gasteiger partial charge in [-0.2, -0.15) is 0 Å². The minimum Gasteiger partial charge on any atom is -0.393 e. The molecule has 0 saturated carbocycles. The number of halogens is 1. The molecular weight excluding hydrogens is 238 g/mol. The summed E-state index contributed by atoms with van der Waals surface area (Å²) in [5.41, 5.74) is 0.902. The SMILES string of the molecule is CC(O)CCC(=O)N[C@@H](C)c1ccccc1Cl. The van der Waals surface area contributed by atoms with Crippen molar-refractivity contribution in [3.05, 3.63) is 34.9 Å². The van der Waals surface area contributed by atoms with E-state index in [1.807, 2.05) is 25.1 Å². The second kappa shape index (κ2) is 6.62. The van der Waals surface area contributed by atoms with E-state index in [9.17, 15) is 4.79 Å². The monoisotopic (exact) mass is 255 g/mol. The number of rotatable bonds is 5. The van der Waals surface area contributed by atoms with E-state index in [0.717, 1.165) is 5.56 Å². The standard InChI is InChI=1S/C13H18ClNO2/c1-9(16)7-8-13(17)15-10(2)11-5-3-4-6-12(11)14/h3-6,9-10,16H,7-8H2,1-2H3,(H,15,17)/t9?,10-/m0/s1. The number of carbonyl (C=O) groups is 1. The summed E-state index contributed by atoms with van der Waals surface area (Å²) in [7, 11) is 0. The molecule has 1 amide bonds. The summed E-state index contributed by atoms with van der Waals surface area (Å²) >= 11 is 6.04. The van der Waals surface area contributed by atoms with Crippen LogP contribution in [0, 0.1) is 0 Å². The third-order valence-electron chi connectivity index (χ3n) is 2.54. The average molecular weight is 256 g/mol. The van der Waals surface area contributed by atoms with Gasteiger partial charge in [0.2, 0.25) is 5.91 Å². The lowest BCUT2D eigenvalue weighted by atomic mass is 10.1. The van der Waals surface area contributed by atoms with Crippen molar-refractivity contribution >= 4 is 17.5 Å². The highest BCUT2D eigenvalue weighted by atomic mass is 35.5. The molecule has 0 aliphatic heterocycles. The van der Waals surface area contributed by atoms with Gasteiger partial charge in [0.25, 0.3) is 0 Å². The van der Waals surface area contributed by atoms with Gasteiger partial charge < -0.3 is 10.4 Å². The van der Waals surface area contributed by atoms with E-state index >= 15 is 0 Å². The maximum atomic E-state index is 11.6. The van der Waals surface area contributed by atoms with Crippen LogP contribution in [0.25, 0.3) is 0 Å². The maximum Gasteiger partial charge on any atom is 0.220 e. The first-order valence-corrected chi connectivity index (χ1v) is 6.10. The van der Waals surface area contributed by atoms with Crippen LogP contribution in [-0.4, -0.2) is 17.1 Å². The van der Waals surface area contributed by atoms with Gasteiger partial charge in [-0.1, -0.05) is 29.8 Å². The highest BCUT2D eigenvalue weighted by molar-refractivity contribution is 6.31. The Balaban J connectivity index is 2.52. The Morgan fingerprint density at radius 1 is 1.41 bits per heavy atom. The molecule has 17 heavy (non-hydrogen) atoms. The van der Waals surface area contributed by atoms with Crippen LogP contribution >= 0.6 is 11.6 Å². The molecule has 2 N–H and O–H groups in total. The van der Waals surface area contributed by atoms with E-state index in [1.54, 1.807) is 13.0 Å². The molecule has 0 bridgehead atoms. The predicted molar refractivity (Wildman–Crippen MR) is 68.9 cm³/mol. The Hall–Kier alpha value is -1.06. The summed E-state index contributed by atoms with van der Waals surface area (Å²) in [6.45, 7) is 3.56. The number of aliphatic hydroxyl groups is 1. The summed E-state index contributed by atoms with van der Waals surface area (Å²) in [4.78, 5) is 11.6. The quantitative estimate of drug-likeness (QED) is 0.850. The number of carbonyl (C=O) groups excluding carboxylic acids is 1. The van der Waals surface area contributed by atoms with Crippen molar-refractivity contribution in [3.63, 3.8) is 0 Å². The molecule has 0 aliphatic rings. The van der Waals surface area contributed by atoms with Crippen LogP contribution in [0.4, 0.5) is 0 Å². The lowest BCUT2D eigenvalue weighted by Gasteiger charge is -2.15. The minimum absolute atomic E-state index is 0.0710. The van der Waals surface area contributed by atoms with Crippen molar-refractivity contribution in [2.45, 2.75) is 38.8 Å². The van der Waals surface area contributed by atoms with Gasteiger partial charge >= 0.3 is 0 Å². The summed E-state index contributed by atoms with van der Waals surface area (Å²) in [5.74, 6) is -0.0710. The molecule has 1 rings (SSSR count). The first-order chi connectivity index (χ1) is 8.00. The zero-order valence-corrected chi connectivity index (χ0v) is 10.9. The summed E-state index contributed by atoms with van der Waals surface area (Å²) < 4.78 is 0. The Bertz CT molecular complexity index is 379. The first-order valence-electron chi connectivity index (χ1n) is 5.72. The normalized spacial score (nSPS) is 14.1. The second-order valence-electron chi connectivity index (χ2n) is 4.20. The van der Waals surface area contributed by atoms with Gasteiger partial charge in [0.05, 0.1) is 12.1 Å². The van der Waals surface area contributed by atoms with Gasteiger partial charge in [0, 0.05) is 11.4 Å². The van der Waals surface area contributed by atoms with E-state index in [2.05, 4.69) is 5.32 Å². The summed E-state index contributed by atoms with van der Waals surface area (Å²) in [5, 5.41) is 12.6. The van der Waals surface area contributed by atoms with Crippen LogP contribution in [0.3, 0.4) is 0 Å². The Morgan fingerprint density at radius 2 is 2.06 bits per heavy atom. The van der Waals surface area contributed by atoms with Crippen LogP contribution in [0.15, 0.2) is 24.3 Å². The first kappa shape index (κ1) is 14.0. The predicted octanol–water partition coefficient (Wildman–Crippen LogP) is 2.68. The van der Waals surface area contributed by atoms with Gasteiger partial charge in [-0.3, -0.25) is 4.79 Å². The molecule has 94 valence electrons. The van der Waals surface area contributed by atoms with Crippen LogP contribution in [-0.2, 0) is 4.79 Å². The number of nitrogens with one attached hydrogen (secondary N) is 1. The summed E-state index contributed by atoms with van der Waals surface area (Å²) in [6, 6.07) is 7.32. The van der Waals surface area contributed by atoms with Crippen molar-refractivity contribution < 1.29 is 9.90 Å². The van der Waals surface area contributed by atoms with Crippen LogP contribution in [0.2, 0.25) is 5.02 Å². The van der Waals surface area contributed by atoms with E-state index in [0.29, 0.717) is 17.9 Å². The molecule has 2 atom stereocenters. The van der Waals surface area contributed by atoms with Crippen molar-refractivity contribution in [3.8, 4) is 0 Å². The van der Waals surface area contributed by atoms with E-state index in [1.165, 1.54) is 0 Å². The molecule has 0 aromatic heterocycles. The van der Waals surface area contributed by atoms with E-state index < -0.39 is 6.10 Å². The fourth-order valence-electron chi connectivity index (χ4n) is 1.56. The molecule has 1 unspecified atom stereocenters. The molecule has 1 aromatic rings. The van der Waals surface area contributed by atoms with Gasteiger partial charge in [0.15, 0.2) is 0 Å². The number of aliphatic hydroxyl groups excluding tert-OH is 1. The van der Waals surface area contributed by atoms with Crippen molar-refractivity contribution in [2.24, 2.45) is 0 Å². The van der Waals surface area contributed by atoms with Crippen LogP contribution in [0.1, 0.15) is 38.3 Å². The average Bonchev–Trinajstić information content (AvgIpc) is 2.26. The number of benzene rings is 1. The van der Waals surface area contributed by atoms with Crippen molar-refractivity contribution in [1.82, 2.24) is 5.32 Å². The highest BCUT2D eigenvalue weighted by Gasteiger charge is 2.12. The molecule has 3 nitrogen and oxygen atoms in total. The summed E-state index contributed by atoms with van der Waals surface area (Å²) in [6.07, 6.45) is 0.351. The Kier molecular flexibility index (Phi) is 5.45. The molecule has 0 heterocycles. The Labute approximate surface area is 107 Å². The number of hydrogen-bond donors (Lipinski definition) is 2. The molecular formula is C13H18ClNO2. The molecule has 0 fully saturated rings. The molecule has 0 aliphatic carbocycles. The third kappa shape index (κ3) is 4.75. The van der Waals surface area contributed by atoms with Crippen molar-refractivity contribution in [2.75, 3.05) is 0 Å². The fourth-order valence-corrected chi connectivity index (χ4v) is 1.86. The molecule has 4 heteroatoms. The molecule has 1 aromatic carbocycles. The molecule has 0 radical (unpaired) electrons. The second-order valence-corrected chi connectivity index (χ2v) is 4.61. The zero-order chi connectivity index (χ0) is 12.8. The maximum absolute atomic E-state index is 11.6. The Morgan fingerprint density at radius 3 is 2.65 bits per heavy atom. The molecule has 0 spiro atoms. The smallest absolute Gasteiger partial charge is 0.220 e. The third-order valence-corrected chi connectivity index (χ3v) is 2.88. The lowest BCUT2D eigenvalue weighted by Crippen LogP contribution is -2.27. The van der Waals surface area contributed by atoms with Crippen LogP contribution < -0.4 is 5.32 Å². The highest BCUT2D eigenvalue weighted by Crippen LogP contribution is 2.22. The van der Waals surface area contributed by atoms with Crippen molar-refractivity contribution in [1.29, 1.82) is 0 Å². The van der Waals surface area contributed by atoms with E-state index in [-0.39, 0.29) is 11.9 Å². The van der Waals surface area contributed by atoms with Gasteiger partial charge in [-0.15, -0.1) is 0 Å². The topological polar surface area (TPSA) is 49.3 Å². The number of hydrogen-bond acceptors (Lipinski definition) is 2. The van der Waals surface area contributed by atoms with E-state index in [4.69, 9.17) is 16.7 Å². The minimum atomic E-state index is -0.448. The van der Waals surface area contributed by atoms with Gasteiger partial charge in [-0.05, 0) is 31.9 Å².